The van der Waals surface area contributed by atoms with Crippen LogP contribution in [-0.2, 0) is 30.2 Å². The molecule has 1 aromatic carbocycles. The number of anilines is 1. The topological polar surface area (TPSA) is 222 Å². The van der Waals surface area contributed by atoms with Crippen LogP contribution in [0.4, 0.5) is 18.9 Å². The van der Waals surface area contributed by atoms with Crippen molar-refractivity contribution in [3.05, 3.63) is 62.0 Å². The standard InChI is InChI=1S/C18H22Cl2N6O5S.C2HF3O2/c1-9-6-7-13(25-32(29,30)8-11-4-3-5-12(19)14(11)20)17(28)26(9)15(16(21)27)10(2)31-24-18(22)23;3-2(4,5)1(6)7/h3-7,10,15,25H,8H2,1-2H3,(H2,21,27)(H4,22,23,24);(H,6,7). The van der Waals surface area contributed by atoms with E-state index in [-0.39, 0.29) is 21.3 Å². The van der Waals surface area contributed by atoms with E-state index in [0.717, 1.165) is 4.57 Å². The zero-order valence-electron chi connectivity index (χ0n) is 20.1. The lowest BCUT2D eigenvalue weighted by Crippen LogP contribution is -2.42. The third-order valence-corrected chi connectivity index (χ3v) is 6.62. The van der Waals surface area contributed by atoms with Crippen LogP contribution in [0, 0.1) is 6.92 Å². The van der Waals surface area contributed by atoms with Gasteiger partial charge in [0.1, 0.15) is 5.69 Å². The maximum Gasteiger partial charge on any atom is 0.490 e. The summed E-state index contributed by atoms with van der Waals surface area (Å²) < 4.78 is 60.3. The number of hydrogen-bond acceptors (Lipinski definition) is 7. The second kappa shape index (κ2) is 13.4. The highest BCUT2D eigenvalue weighted by Crippen LogP contribution is 2.27. The predicted molar refractivity (Wildman–Crippen MR) is 136 cm³/mol. The first-order chi connectivity index (χ1) is 17.8. The van der Waals surface area contributed by atoms with Crippen LogP contribution in [0.5, 0.6) is 0 Å². The predicted octanol–water partition coefficient (Wildman–Crippen LogP) is 1.66. The zero-order chi connectivity index (χ0) is 30.3. The Labute approximate surface area is 229 Å². The number of sulfonamides is 1. The van der Waals surface area contributed by atoms with E-state index in [4.69, 9.17) is 55.1 Å². The number of carboxylic acid groups (broad SMARTS) is 1. The molecule has 8 N–H and O–H groups in total. The van der Waals surface area contributed by atoms with Gasteiger partial charge >= 0.3 is 12.1 Å². The number of guanidine groups is 1. The van der Waals surface area contributed by atoms with Crippen molar-refractivity contribution >= 4 is 56.7 Å². The van der Waals surface area contributed by atoms with E-state index in [1.165, 1.54) is 38.1 Å². The number of oxime groups is 1. The van der Waals surface area contributed by atoms with Gasteiger partial charge in [-0.05, 0) is 42.8 Å². The van der Waals surface area contributed by atoms with Crippen LogP contribution >= 0.6 is 23.2 Å². The summed E-state index contributed by atoms with van der Waals surface area (Å²) in [5.41, 5.74) is 15.3. The van der Waals surface area contributed by atoms with Crippen molar-refractivity contribution in [2.24, 2.45) is 22.4 Å². The van der Waals surface area contributed by atoms with Crippen molar-refractivity contribution in [1.82, 2.24) is 4.57 Å². The molecule has 0 fully saturated rings. The molecule has 0 saturated heterocycles. The Morgan fingerprint density at radius 3 is 2.23 bits per heavy atom. The lowest BCUT2D eigenvalue weighted by molar-refractivity contribution is -0.192. The number of nitrogens with one attached hydrogen (secondary N) is 1. The number of carboxylic acids is 1. The van der Waals surface area contributed by atoms with Crippen LogP contribution in [0.15, 0.2) is 40.3 Å². The SMILES string of the molecule is Cc1ccc(NS(=O)(=O)Cc2cccc(Cl)c2Cl)c(=O)n1C(C(N)=O)C(C)ON=C(N)N.O=C(O)C(F)(F)F. The lowest BCUT2D eigenvalue weighted by atomic mass is 10.1. The Morgan fingerprint density at radius 2 is 1.74 bits per heavy atom. The van der Waals surface area contributed by atoms with Gasteiger partial charge in [-0.1, -0.05) is 35.3 Å². The molecule has 2 unspecified atom stereocenters. The number of primary amides is 1. The molecule has 2 aromatic rings. The van der Waals surface area contributed by atoms with Crippen molar-refractivity contribution < 1.29 is 41.1 Å². The molecule has 0 saturated carbocycles. The molecular formula is C20H23Cl2F3N6O7S. The van der Waals surface area contributed by atoms with E-state index >= 15 is 0 Å². The molecule has 1 aromatic heterocycles. The van der Waals surface area contributed by atoms with Gasteiger partial charge in [0, 0.05) is 5.69 Å². The summed E-state index contributed by atoms with van der Waals surface area (Å²) in [4.78, 5) is 39.1. The second-order valence-corrected chi connectivity index (χ2v) is 10.1. The van der Waals surface area contributed by atoms with Crippen molar-refractivity contribution in [2.45, 2.75) is 37.9 Å². The summed E-state index contributed by atoms with van der Waals surface area (Å²) in [6, 6.07) is 5.93. The maximum absolute atomic E-state index is 13.1. The minimum absolute atomic E-state index is 0.0837. The molecule has 1 heterocycles. The Kier molecular flexibility index (Phi) is 11.4. The van der Waals surface area contributed by atoms with Gasteiger partial charge in [0.05, 0.1) is 15.8 Å². The number of halogens is 5. The van der Waals surface area contributed by atoms with E-state index in [1.807, 2.05) is 0 Å². The Bertz CT molecular complexity index is 1410. The lowest BCUT2D eigenvalue weighted by Gasteiger charge is -2.24. The normalized spacial score (nSPS) is 12.8. The van der Waals surface area contributed by atoms with Crippen molar-refractivity contribution in [2.75, 3.05) is 4.72 Å². The average Bonchev–Trinajstić information content (AvgIpc) is 2.79. The summed E-state index contributed by atoms with van der Waals surface area (Å²) >= 11 is 12.0. The summed E-state index contributed by atoms with van der Waals surface area (Å²) in [5.74, 6) is -4.61. The molecule has 1 amide bonds. The smallest absolute Gasteiger partial charge is 0.475 e. The van der Waals surface area contributed by atoms with Crippen LogP contribution in [0.1, 0.15) is 24.2 Å². The van der Waals surface area contributed by atoms with Gasteiger partial charge < -0.3 is 27.1 Å². The fourth-order valence-electron chi connectivity index (χ4n) is 2.91. The number of nitrogens with zero attached hydrogens (tertiary/aromatic N) is 2. The van der Waals surface area contributed by atoms with Crippen LogP contribution in [0.25, 0.3) is 0 Å². The third-order valence-electron chi connectivity index (χ3n) is 4.54. The minimum atomic E-state index is -5.08. The molecule has 0 spiro atoms. The number of alkyl halides is 3. The molecule has 39 heavy (non-hydrogen) atoms. The summed E-state index contributed by atoms with van der Waals surface area (Å²) in [7, 11) is -4.08. The van der Waals surface area contributed by atoms with Crippen LogP contribution in [0.3, 0.4) is 0 Å². The Hall–Kier alpha value is -3.70. The zero-order valence-corrected chi connectivity index (χ0v) is 22.4. The van der Waals surface area contributed by atoms with Gasteiger partial charge in [-0.3, -0.25) is 18.9 Å². The number of aromatic nitrogens is 1. The molecule has 0 bridgehead atoms. The first-order valence-corrected chi connectivity index (χ1v) is 12.7. The van der Waals surface area contributed by atoms with E-state index < -0.39 is 57.5 Å². The molecular weight excluding hydrogens is 596 g/mol. The van der Waals surface area contributed by atoms with Crippen LogP contribution in [-0.4, -0.2) is 48.2 Å². The number of rotatable bonds is 9. The largest absolute Gasteiger partial charge is 0.490 e. The first-order valence-electron chi connectivity index (χ1n) is 10.3. The average molecular weight is 619 g/mol. The van der Waals surface area contributed by atoms with Gasteiger partial charge in [-0.2, -0.15) is 13.2 Å². The minimum Gasteiger partial charge on any atom is -0.475 e. The third kappa shape index (κ3) is 9.84. The number of amides is 1. The molecule has 2 rings (SSSR count). The molecule has 0 radical (unpaired) electrons. The highest BCUT2D eigenvalue weighted by atomic mass is 35.5. The number of aliphatic carboxylic acids is 1. The fraction of sp³-hybridized carbons (Fsp3) is 0.300. The number of aryl methyl sites for hydroxylation is 1. The first kappa shape index (κ1) is 33.3. The van der Waals surface area contributed by atoms with E-state index in [0.29, 0.717) is 5.69 Å². The number of carbonyl (C=O) groups is 2. The highest BCUT2D eigenvalue weighted by molar-refractivity contribution is 7.91. The number of pyridine rings is 1. The van der Waals surface area contributed by atoms with E-state index in [2.05, 4.69) is 9.88 Å². The number of carbonyl (C=O) groups excluding carboxylic acids is 1. The summed E-state index contributed by atoms with van der Waals surface area (Å²) in [6.45, 7) is 2.96. The molecule has 19 heteroatoms. The quantitative estimate of drug-likeness (QED) is 0.156. The van der Waals surface area contributed by atoms with E-state index in [9.17, 15) is 31.2 Å². The van der Waals surface area contributed by atoms with Gasteiger partial charge in [-0.15, -0.1) is 0 Å². The molecule has 2 atom stereocenters. The Balaban J connectivity index is 0.000000956. The molecule has 0 aliphatic heterocycles. The monoisotopic (exact) mass is 618 g/mol. The summed E-state index contributed by atoms with van der Waals surface area (Å²) in [6.07, 6.45) is -6.14. The number of benzene rings is 1. The summed E-state index contributed by atoms with van der Waals surface area (Å²) in [5, 5.41) is 10.8. The number of hydrogen-bond donors (Lipinski definition) is 5. The van der Waals surface area contributed by atoms with Gasteiger partial charge in [0.15, 0.2) is 12.1 Å². The van der Waals surface area contributed by atoms with Crippen LogP contribution in [0.2, 0.25) is 10.0 Å². The van der Waals surface area contributed by atoms with Gasteiger partial charge in [0.2, 0.25) is 21.9 Å². The van der Waals surface area contributed by atoms with Crippen LogP contribution < -0.4 is 27.5 Å². The van der Waals surface area contributed by atoms with E-state index in [1.54, 1.807) is 6.07 Å². The van der Waals surface area contributed by atoms with Crippen molar-refractivity contribution in [1.29, 1.82) is 0 Å². The molecule has 0 aliphatic rings. The molecule has 0 aliphatic carbocycles. The Morgan fingerprint density at radius 1 is 1.18 bits per heavy atom. The van der Waals surface area contributed by atoms with Gasteiger partial charge in [-0.25, -0.2) is 13.2 Å². The highest BCUT2D eigenvalue weighted by Gasteiger charge is 2.38. The fourth-order valence-corrected chi connectivity index (χ4v) is 4.59. The molecule has 13 nitrogen and oxygen atoms in total. The maximum atomic E-state index is 13.1. The second-order valence-electron chi connectivity index (χ2n) is 7.61. The van der Waals surface area contributed by atoms with Crippen molar-refractivity contribution in [3.8, 4) is 0 Å². The number of nitrogens with two attached hydrogens (primary N) is 3. The van der Waals surface area contributed by atoms with Crippen molar-refractivity contribution in [3.63, 3.8) is 0 Å². The molecule has 216 valence electrons. The van der Waals surface area contributed by atoms with Gasteiger partial charge in [0.25, 0.3) is 5.56 Å².